The average molecular weight is 387 g/mol. The number of carbonyl (C=O) groups excluding carboxylic acids is 1. The third kappa shape index (κ3) is 5.11. The summed E-state index contributed by atoms with van der Waals surface area (Å²) in [7, 11) is 0. The van der Waals surface area contributed by atoms with Gasteiger partial charge in [-0.3, -0.25) is 25.0 Å². The molecular formula is C17H13N3O8. The topological polar surface area (TPSA) is 162 Å². The Morgan fingerprint density at radius 2 is 1.71 bits per heavy atom. The van der Waals surface area contributed by atoms with Crippen LogP contribution in [0.3, 0.4) is 0 Å². The number of rotatable bonds is 7. The van der Waals surface area contributed by atoms with Crippen molar-refractivity contribution in [2.45, 2.75) is 6.92 Å². The number of hydrogen-bond acceptors (Lipinski definition) is 7. The first kappa shape index (κ1) is 20.0. The number of aliphatic carboxylic acids is 1. The number of nitro groups is 2. The van der Waals surface area contributed by atoms with E-state index in [0.29, 0.717) is 5.56 Å². The Morgan fingerprint density at radius 3 is 2.21 bits per heavy atom. The Morgan fingerprint density at radius 1 is 1.07 bits per heavy atom. The van der Waals surface area contributed by atoms with Crippen molar-refractivity contribution in [1.29, 1.82) is 0 Å². The van der Waals surface area contributed by atoms with Crippen LogP contribution in [0.25, 0.3) is 6.08 Å². The molecule has 0 spiro atoms. The fraction of sp³-hybridized carbons (Fsp3) is 0.0588. The minimum Gasteiger partial charge on any atom is -0.477 e. The molecule has 2 N–H and O–H groups in total. The highest BCUT2D eigenvalue weighted by Gasteiger charge is 2.21. The number of hydrogen-bond donors (Lipinski definition) is 2. The molecule has 2 aromatic carbocycles. The second-order valence-corrected chi connectivity index (χ2v) is 5.38. The van der Waals surface area contributed by atoms with Gasteiger partial charge in [0.1, 0.15) is 11.4 Å². The fourth-order valence-corrected chi connectivity index (χ4v) is 2.11. The minimum atomic E-state index is -1.32. The van der Waals surface area contributed by atoms with Crippen LogP contribution in [0, 0.1) is 20.2 Å². The third-order valence-electron chi connectivity index (χ3n) is 3.31. The van der Waals surface area contributed by atoms with Crippen molar-refractivity contribution in [3.63, 3.8) is 0 Å². The monoisotopic (exact) mass is 387 g/mol. The molecule has 0 saturated heterocycles. The van der Waals surface area contributed by atoms with E-state index in [-0.39, 0.29) is 17.2 Å². The van der Waals surface area contributed by atoms with Crippen LogP contribution < -0.4 is 10.1 Å². The molecule has 0 aliphatic carbocycles. The van der Waals surface area contributed by atoms with Crippen LogP contribution in [0.1, 0.15) is 12.5 Å². The molecule has 0 atom stereocenters. The first-order valence-electron chi connectivity index (χ1n) is 7.60. The van der Waals surface area contributed by atoms with E-state index in [2.05, 4.69) is 5.32 Å². The van der Waals surface area contributed by atoms with Gasteiger partial charge in [-0.15, -0.1) is 0 Å². The van der Waals surface area contributed by atoms with Crippen molar-refractivity contribution in [3.8, 4) is 11.5 Å². The number of benzene rings is 2. The molecule has 0 bridgehead atoms. The summed E-state index contributed by atoms with van der Waals surface area (Å²) < 4.78 is 5.41. The summed E-state index contributed by atoms with van der Waals surface area (Å²) in [5.74, 6) is -1.87. The van der Waals surface area contributed by atoms with Crippen LogP contribution in [0.5, 0.6) is 11.5 Å². The van der Waals surface area contributed by atoms with E-state index in [1.54, 1.807) is 0 Å². The highest BCUT2D eigenvalue weighted by molar-refractivity contribution is 5.96. The molecule has 0 heterocycles. The van der Waals surface area contributed by atoms with Crippen LogP contribution in [-0.4, -0.2) is 26.8 Å². The standard InChI is InChI=1S/C17H13N3O8/c1-10(21)18-14(17(22)23)8-11-2-5-13(6-3-11)28-16-7-4-12(19(24)25)9-15(16)20(26)27/h2-9H,1H3,(H,18,21)(H,22,23)/b14-8+. The molecule has 2 aromatic rings. The number of nitro benzene ring substituents is 2. The van der Waals surface area contributed by atoms with Gasteiger partial charge in [0, 0.05) is 13.0 Å². The van der Waals surface area contributed by atoms with Crippen molar-refractivity contribution in [1.82, 2.24) is 5.32 Å². The molecule has 11 heteroatoms. The third-order valence-corrected chi connectivity index (χ3v) is 3.31. The van der Waals surface area contributed by atoms with Gasteiger partial charge in [0.2, 0.25) is 11.7 Å². The molecule has 11 nitrogen and oxygen atoms in total. The Kier molecular flexibility index (Phi) is 6.01. The van der Waals surface area contributed by atoms with Crippen molar-refractivity contribution in [3.05, 3.63) is 74.0 Å². The average Bonchev–Trinajstić information content (AvgIpc) is 2.62. The first-order valence-corrected chi connectivity index (χ1v) is 7.60. The van der Waals surface area contributed by atoms with E-state index in [9.17, 15) is 29.8 Å². The molecule has 0 unspecified atom stereocenters. The maximum absolute atomic E-state index is 11.1. The lowest BCUT2D eigenvalue weighted by Crippen LogP contribution is -2.24. The predicted octanol–water partition coefficient (Wildman–Crippen LogP) is 2.86. The van der Waals surface area contributed by atoms with Gasteiger partial charge in [0.05, 0.1) is 15.9 Å². The van der Waals surface area contributed by atoms with Gasteiger partial charge in [-0.25, -0.2) is 4.79 Å². The number of non-ortho nitro benzene ring substituents is 1. The molecule has 0 aliphatic heterocycles. The molecule has 0 fully saturated rings. The van der Waals surface area contributed by atoms with Gasteiger partial charge in [0.15, 0.2) is 0 Å². The van der Waals surface area contributed by atoms with E-state index < -0.39 is 33.1 Å². The minimum absolute atomic E-state index is 0.186. The van der Waals surface area contributed by atoms with Crippen LogP contribution in [0.4, 0.5) is 11.4 Å². The van der Waals surface area contributed by atoms with Crippen molar-refractivity contribution >= 4 is 29.3 Å². The lowest BCUT2D eigenvalue weighted by molar-refractivity contribution is -0.394. The van der Waals surface area contributed by atoms with Crippen LogP contribution in [-0.2, 0) is 9.59 Å². The smallest absolute Gasteiger partial charge is 0.352 e. The number of carbonyl (C=O) groups is 2. The Bertz CT molecular complexity index is 982. The van der Waals surface area contributed by atoms with Gasteiger partial charge in [-0.05, 0) is 29.8 Å². The zero-order chi connectivity index (χ0) is 20.8. The lowest BCUT2D eigenvalue weighted by atomic mass is 10.2. The van der Waals surface area contributed by atoms with E-state index in [4.69, 9.17) is 9.84 Å². The highest BCUT2D eigenvalue weighted by atomic mass is 16.6. The van der Waals surface area contributed by atoms with Crippen molar-refractivity contribution < 1.29 is 29.3 Å². The summed E-state index contributed by atoms with van der Waals surface area (Å²) in [6.45, 7) is 1.17. The van der Waals surface area contributed by atoms with Gasteiger partial charge in [-0.2, -0.15) is 0 Å². The molecular weight excluding hydrogens is 374 g/mol. The molecule has 1 amide bonds. The quantitative estimate of drug-likeness (QED) is 0.416. The summed E-state index contributed by atoms with van der Waals surface area (Å²) in [4.78, 5) is 42.4. The lowest BCUT2D eigenvalue weighted by Gasteiger charge is -2.07. The number of carboxylic acids is 1. The van der Waals surface area contributed by atoms with Gasteiger partial charge in [-0.1, -0.05) is 12.1 Å². The largest absolute Gasteiger partial charge is 0.477 e. The number of amides is 1. The molecule has 28 heavy (non-hydrogen) atoms. The maximum Gasteiger partial charge on any atom is 0.352 e. The summed E-state index contributed by atoms with van der Waals surface area (Å²) in [5.41, 5.74) is -0.917. The first-order chi connectivity index (χ1) is 13.2. The summed E-state index contributed by atoms with van der Waals surface area (Å²) in [5, 5.41) is 33.1. The second kappa shape index (κ2) is 8.40. The molecule has 144 valence electrons. The van der Waals surface area contributed by atoms with Crippen molar-refractivity contribution in [2.75, 3.05) is 0 Å². The Labute approximate surface area is 157 Å². The van der Waals surface area contributed by atoms with Crippen LogP contribution in [0.15, 0.2) is 48.2 Å². The van der Waals surface area contributed by atoms with Gasteiger partial charge in [0.25, 0.3) is 5.69 Å². The van der Waals surface area contributed by atoms with Crippen LogP contribution in [0.2, 0.25) is 0 Å². The Hall–Kier alpha value is -4.28. The number of nitrogens with one attached hydrogen (secondary N) is 1. The van der Waals surface area contributed by atoms with E-state index in [1.165, 1.54) is 37.3 Å². The normalized spacial score (nSPS) is 10.8. The molecule has 2 rings (SSSR count). The van der Waals surface area contributed by atoms with Crippen molar-refractivity contribution in [2.24, 2.45) is 0 Å². The molecule has 0 aromatic heterocycles. The highest BCUT2D eigenvalue weighted by Crippen LogP contribution is 2.34. The van der Waals surface area contributed by atoms with E-state index in [1.807, 2.05) is 0 Å². The summed E-state index contributed by atoms with van der Waals surface area (Å²) in [6, 6.07) is 8.76. The summed E-state index contributed by atoms with van der Waals surface area (Å²) >= 11 is 0. The maximum atomic E-state index is 11.1. The van der Waals surface area contributed by atoms with E-state index >= 15 is 0 Å². The van der Waals surface area contributed by atoms with Gasteiger partial charge >= 0.3 is 11.7 Å². The fourth-order valence-electron chi connectivity index (χ4n) is 2.11. The number of ether oxygens (including phenoxy) is 1. The zero-order valence-corrected chi connectivity index (χ0v) is 14.3. The molecule has 0 aliphatic rings. The molecule has 0 saturated carbocycles. The predicted molar refractivity (Wildman–Crippen MR) is 95.7 cm³/mol. The van der Waals surface area contributed by atoms with Gasteiger partial charge < -0.3 is 15.2 Å². The number of carboxylic acid groups (broad SMARTS) is 1. The van der Waals surface area contributed by atoms with Crippen LogP contribution >= 0.6 is 0 Å². The van der Waals surface area contributed by atoms with E-state index in [0.717, 1.165) is 18.2 Å². The zero-order valence-electron chi connectivity index (χ0n) is 14.3. The number of nitrogens with zero attached hydrogens (tertiary/aromatic N) is 2. The second-order valence-electron chi connectivity index (χ2n) is 5.38. The summed E-state index contributed by atoms with van der Waals surface area (Å²) in [6.07, 6.45) is 1.22. The molecule has 0 radical (unpaired) electrons. The Balaban J connectivity index is 2.27. The SMILES string of the molecule is CC(=O)N/C(=C/c1ccc(Oc2ccc([N+](=O)[O-])cc2[N+](=O)[O-])cc1)C(=O)O.